The predicted octanol–water partition coefficient (Wildman–Crippen LogP) is 2.12. The standard InChI is InChI=1S/C10H12O4S/c1-13-6-4-5-7(14-2)9(15-3)8(6)10(11)12/h4-5H,1-3H3,(H,11,12). The van der Waals surface area contributed by atoms with E-state index in [9.17, 15) is 4.79 Å². The van der Waals surface area contributed by atoms with E-state index < -0.39 is 5.97 Å². The molecule has 1 N–H and O–H groups in total. The van der Waals surface area contributed by atoms with E-state index in [1.54, 1.807) is 18.4 Å². The van der Waals surface area contributed by atoms with Crippen LogP contribution in [0.15, 0.2) is 17.0 Å². The molecule has 15 heavy (non-hydrogen) atoms. The lowest BCUT2D eigenvalue weighted by Gasteiger charge is -2.12. The van der Waals surface area contributed by atoms with Crippen molar-refractivity contribution in [2.24, 2.45) is 0 Å². The lowest BCUT2D eigenvalue weighted by Crippen LogP contribution is -2.04. The number of methoxy groups -OCH3 is 2. The van der Waals surface area contributed by atoms with Crippen LogP contribution in [-0.2, 0) is 0 Å². The van der Waals surface area contributed by atoms with Crippen LogP contribution >= 0.6 is 11.8 Å². The maximum Gasteiger partial charge on any atom is 0.340 e. The third-order valence-electron chi connectivity index (χ3n) is 1.94. The number of rotatable bonds is 4. The Balaban J connectivity index is 3.44. The third kappa shape index (κ3) is 2.18. The lowest BCUT2D eigenvalue weighted by atomic mass is 10.2. The first kappa shape index (κ1) is 11.7. The molecule has 0 heterocycles. The second kappa shape index (κ2) is 4.93. The van der Waals surface area contributed by atoms with E-state index >= 15 is 0 Å². The Bertz CT molecular complexity index is 376. The van der Waals surface area contributed by atoms with E-state index in [1.165, 1.54) is 26.0 Å². The molecule has 0 aliphatic rings. The molecule has 0 aliphatic carbocycles. The van der Waals surface area contributed by atoms with Crippen molar-refractivity contribution in [2.75, 3.05) is 20.5 Å². The van der Waals surface area contributed by atoms with E-state index in [0.29, 0.717) is 16.4 Å². The second-order valence-electron chi connectivity index (χ2n) is 2.68. The maximum atomic E-state index is 11.1. The fraction of sp³-hybridized carbons (Fsp3) is 0.300. The average Bonchev–Trinajstić information content (AvgIpc) is 2.26. The van der Waals surface area contributed by atoms with Crippen molar-refractivity contribution in [1.82, 2.24) is 0 Å². The van der Waals surface area contributed by atoms with Gasteiger partial charge in [-0.25, -0.2) is 4.79 Å². The molecule has 5 heteroatoms. The molecule has 1 aromatic rings. The molecule has 0 aromatic heterocycles. The van der Waals surface area contributed by atoms with Crippen LogP contribution in [0.2, 0.25) is 0 Å². The Kier molecular flexibility index (Phi) is 3.85. The van der Waals surface area contributed by atoms with Gasteiger partial charge in [0.2, 0.25) is 0 Å². The van der Waals surface area contributed by atoms with E-state index in [4.69, 9.17) is 14.6 Å². The van der Waals surface area contributed by atoms with Gasteiger partial charge in [0.05, 0.1) is 19.1 Å². The monoisotopic (exact) mass is 228 g/mol. The Morgan fingerprint density at radius 3 is 2.20 bits per heavy atom. The summed E-state index contributed by atoms with van der Waals surface area (Å²) >= 11 is 1.32. The molecule has 0 unspecified atom stereocenters. The normalized spacial score (nSPS) is 9.80. The SMILES string of the molecule is COc1ccc(OC)c(C(=O)O)c1SC. The topological polar surface area (TPSA) is 55.8 Å². The molecule has 0 bridgehead atoms. The summed E-state index contributed by atoms with van der Waals surface area (Å²) in [5.41, 5.74) is 0.143. The highest BCUT2D eigenvalue weighted by Crippen LogP contribution is 2.36. The van der Waals surface area contributed by atoms with Crippen LogP contribution in [0.3, 0.4) is 0 Å². The van der Waals surface area contributed by atoms with Crippen molar-refractivity contribution in [2.45, 2.75) is 4.90 Å². The van der Waals surface area contributed by atoms with Gasteiger partial charge in [0.25, 0.3) is 0 Å². The van der Waals surface area contributed by atoms with Gasteiger partial charge in [0.1, 0.15) is 17.1 Å². The quantitative estimate of drug-likeness (QED) is 0.800. The van der Waals surface area contributed by atoms with Crippen LogP contribution in [0.4, 0.5) is 0 Å². The molecule has 0 atom stereocenters. The summed E-state index contributed by atoms with van der Waals surface area (Å²) in [5, 5.41) is 9.08. The summed E-state index contributed by atoms with van der Waals surface area (Å²) in [4.78, 5) is 11.7. The second-order valence-corrected chi connectivity index (χ2v) is 3.50. The van der Waals surface area contributed by atoms with Crippen LogP contribution < -0.4 is 9.47 Å². The molecule has 1 rings (SSSR count). The smallest absolute Gasteiger partial charge is 0.340 e. The zero-order valence-electron chi connectivity index (χ0n) is 8.73. The predicted molar refractivity (Wildman–Crippen MR) is 58.3 cm³/mol. The first-order valence-corrected chi connectivity index (χ1v) is 5.40. The molecule has 4 nitrogen and oxygen atoms in total. The number of benzene rings is 1. The highest BCUT2D eigenvalue weighted by atomic mass is 32.2. The number of ether oxygens (including phenoxy) is 2. The largest absolute Gasteiger partial charge is 0.496 e. The lowest BCUT2D eigenvalue weighted by molar-refractivity contribution is 0.0688. The van der Waals surface area contributed by atoms with E-state index in [1.807, 2.05) is 0 Å². The molecule has 0 saturated heterocycles. The summed E-state index contributed by atoms with van der Waals surface area (Å²) in [6.07, 6.45) is 1.80. The van der Waals surface area contributed by atoms with E-state index in [-0.39, 0.29) is 5.56 Å². The summed E-state index contributed by atoms with van der Waals surface area (Å²) in [6.45, 7) is 0. The first-order valence-electron chi connectivity index (χ1n) is 4.18. The van der Waals surface area contributed by atoms with Crippen molar-refractivity contribution in [1.29, 1.82) is 0 Å². The molecule has 0 amide bonds. The van der Waals surface area contributed by atoms with Gasteiger partial charge in [-0.1, -0.05) is 0 Å². The Hall–Kier alpha value is -1.36. The molecule has 0 aliphatic heterocycles. The number of aromatic carboxylic acids is 1. The van der Waals surface area contributed by atoms with Gasteiger partial charge >= 0.3 is 5.97 Å². The maximum absolute atomic E-state index is 11.1. The van der Waals surface area contributed by atoms with E-state index in [0.717, 1.165) is 0 Å². The number of carbonyl (C=O) groups is 1. The van der Waals surface area contributed by atoms with Crippen molar-refractivity contribution < 1.29 is 19.4 Å². The minimum atomic E-state index is -1.02. The molecular formula is C10H12O4S. The molecule has 1 aromatic carbocycles. The zero-order chi connectivity index (χ0) is 11.4. The van der Waals surface area contributed by atoms with Gasteiger partial charge in [-0.05, 0) is 18.4 Å². The van der Waals surface area contributed by atoms with Crippen LogP contribution in [0.25, 0.3) is 0 Å². The molecule has 0 spiro atoms. The van der Waals surface area contributed by atoms with Crippen LogP contribution in [0.1, 0.15) is 10.4 Å². The first-order chi connectivity index (χ1) is 7.15. The highest BCUT2D eigenvalue weighted by molar-refractivity contribution is 7.98. The van der Waals surface area contributed by atoms with Gasteiger partial charge < -0.3 is 14.6 Å². The number of carboxylic acids is 1. The molecular weight excluding hydrogens is 216 g/mol. The molecule has 0 saturated carbocycles. The van der Waals surface area contributed by atoms with Crippen LogP contribution in [0.5, 0.6) is 11.5 Å². The Labute approximate surface area is 92.2 Å². The van der Waals surface area contributed by atoms with Crippen LogP contribution in [-0.4, -0.2) is 31.6 Å². The summed E-state index contributed by atoms with van der Waals surface area (Å²) in [5.74, 6) is -0.136. The molecule has 0 radical (unpaired) electrons. The average molecular weight is 228 g/mol. The minimum Gasteiger partial charge on any atom is -0.496 e. The van der Waals surface area contributed by atoms with Crippen molar-refractivity contribution >= 4 is 17.7 Å². The number of hydrogen-bond donors (Lipinski definition) is 1. The van der Waals surface area contributed by atoms with Gasteiger partial charge in [-0.3, -0.25) is 0 Å². The van der Waals surface area contributed by atoms with Gasteiger partial charge in [0, 0.05) is 0 Å². The fourth-order valence-corrected chi connectivity index (χ4v) is 2.03. The molecule has 82 valence electrons. The molecule has 0 fully saturated rings. The summed E-state index contributed by atoms with van der Waals surface area (Å²) in [6, 6.07) is 3.28. The van der Waals surface area contributed by atoms with Gasteiger partial charge in [0.15, 0.2) is 0 Å². The highest BCUT2D eigenvalue weighted by Gasteiger charge is 2.19. The number of hydrogen-bond acceptors (Lipinski definition) is 4. The third-order valence-corrected chi connectivity index (χ3v) is 2.75. The summed E-state index contributed by atoms with van der Waals surface area (Å²) in [7, 11) is 2.95. The Morgan fingerprint density at radius 2 is 1.80 bits per heavy atom. The minimum absolute atomic E-state index is 0.143. The summed E-state index contributed by atoms with van der Waals surface area (Å²) < 4.78 is 10.1. The van der Waals surface area contributed by atoms with Crippen molar-refractivity contribution in [3.8, 4) is 11.5 Å². The van der Waals surface area contributed by atoms with Crippen molar-refractivity contribution in [3.05, 3.63) is 17.7 Å². The Morgan fingerprint density at radius 1 is 1.27 bits per heavy atom. The van der Waals surface area contributed by atoms with Gasteiger partial charge in [-0.2, -0.15) is 0 Å². The number of thioether (sulfide) groups is 1. The number of carboxylic acid groups (broad SMARTS) is 1. The fourth-order valence-electron chi connectivity index (χ4n) is 1.28. The van der Waals surface area contributed by atoms with E-state index in [2.05, 4.69) is 0 Å². The van der Waals surface area contributed by atoms with Crippen molar-refractivity contribution in [3.63, 3.8) is 0 Å². The van der Waals surface area contributed by atoms with Gasteiger partial charge in [-0.15, -0.1) is 11.8 Å². The zero-order valence-corrected chi connectivity index (χ0v) is 9.55. The van der Waals surface area contributed by atoms with Crippen LogP contribution in [0, 0.1) is 0 Å².